The summed E-state index contributed by atoms with van der Waals surface area (Å²) in [6, 6.07) is 10.2. The van der Waals surface area contributed by atoms with E-state index in [9.17, 15) is 4.79 Å². The van der Waals surface area contributed by atoms with Crippen LogP contribution in [-0.4, -0.2) is 37.7 Å². The number of morpholine rings is 1. The van der Waals surface area contributed by atoms with Gasteiger partial charge < -0.3 is 15.4 Å². The van der Waals surface area contributed by atoms with Crippen molar-refractivity contribution in [2.75, 3.05) is 19.7 Å². The molecule has 2 fully saturated rings. The van der Waals surface area contributed by atoms with Crippen molar-refractivity contribution in [3.63, 3.8) is 0 Å². The van der Waals surface area contributed by atoms with Gasteiger partial charge in [-0.2, -0.15) is 0 Å². The first-order valence-corrected chi connectivity index (χ1v) is 7.39. The fourth-order valence-corrected chi connectivity index (χ4v) is 2.90. The summed E-state index contributed by atoms with van der Waals surface area (Å²) >= 11 is 0. The zero-order valence-corrected chi connectivity index (χ0v) is 13.1. The van der Waals surface area contributed by atoms with Gasteiger partial charge in [-0.3, -0.25) is 4.79 Å². The second kappa shape index (κ2) is 6.77. The number of ether oxygens (including phenoxy) is 1. The Labute approximate surface area is 132 Å². The summed E-state index contributed by atoms with van der Waals surface area (Å²) in [7, 11) is 0. The van der Waals surface area contributed by atoms with Crippen LogP contribution in [0.15, 0.2) is 30.3 Å². The Balaban J connectivity index is 0.00000161. The van der Waals surface area contributed by atoms with Gasteiger partial charge >= 0.3 is 0 Å². The van der Waals surface area contributed by atoms with Gasteiger partial charge in [0.1, 0.15) is 6.04 Å². The summed E-state index contributed by atoms with van der Waals surface area (Å²) < 4.78 is 5.52. The van der Waals surface area contributed by atoms with Crippen LogP contribution in [-0.2, 0) is 14.9 Å². The minimum absolute atomic E-state index is 0. The smallest absolute Gasteiger partial charge is 0.239 e. The van der Waals surface area contributed by atoms with Gasteiger partial charge in [0.2, 0.25) is 5.91 Å². The number of rotatable bonds is 4. The van der Waals surface area contributed by atoms with E-state index in [0.717, 1.165) is 25.9 Å². The highest BCUT2D eigenvalue weighted by Gasteiger charge is 2.44. The Hall–Kier alpha value is -1.10. The predicted molar refractivity (Wildman–Crippen MR) is 84.8 cm³/mol. The standard InChI is InChI=1S/C16H22N2O2.ClH/c1-12-14(17-9-10-20-12)15(19)18-11-16(7-8-16)13-5-3-2-4-6-13;/h2-6,12,14,17H,7-11H2,1H3,(H,18,19);1H/t12-,14+;/m1./s1. The van der Waals surface area contributed by atoms with E-state index in [1.807, 2.05) is 13.0 Å². The van der Waals surface area contributed by atoms with E-state index in [4.69, 9.17) is 4.74 Å². The maximum Gasteiger partial charge on any atom is 0.239 e. The Morgan fingerprint density at radius 3 is 2.71 bits per heavy atom. The fraction of sp³-hybridized carbons (Fsp3) is 0.562. The highest BCUT2D eigenvalue weighted by Crippen LogP contribution is 2.47. The second-order valence-electron chi connectivity index (χ2n) is 5.87. The number of hydrogen-bond donors (Lipinski definition) is 2. The number of benzene rings is 1. The van der Waals surface area contributed by atoms with E-state index in [0.29, 0.717) is 6.61 Å². The number of halogens is 1. The molecule has 2 atom stereocenters. The van der Waals surface area contributed by atoms with Crippen molar-refractivity contribution in [3.05, 3.63) is 35.9 Å². The van der Waals surface area contributed by atoms with Gasteiger partial charge in [-0.05, 0) is 25.3 Å². The molecule has 1 saturated carbocycles. The van der Waals surface area contributed by atoms with Crippen LogP contribution in [0, 0.1) is 0 Å². The lowest BCUT2D eigenvalue weighted by Crippen LogP contribution is -2.56. The number of nitrogens with one attached hydrogen (secondary N) is 2. The summed E-state index contributed by atoms with van der Waals surface area (Å²) in [5, 5.41) is 6.33. The summed E-state index contributed by atoms with van der Waals surface area (Å²) in [6.07, 6.45) is 2.25. The molecule has 1 aromatic carbocycles. The molecule has 5 heteroatoms. The molecule has 0 unspecified atom stereocenters. The third-order valence-corrected chi connectivity index (χ3v) is 4.44. The van der Waals surface area contributed by atoms with E-state index in [2.05, 4.69) is 34.9 Å². The molecule has 1 heterocycles. The molecule has 1 aromatic rings. The monoisotopic (exact) mass is 310 g/mol. The molecule has 116 valence electrons. The summed E-state index contributed by atoms with van der Waals surface area (Å²) in [4.78, 5) is 12.3. The van der Waals surface area contributed by atoms with E-state index >= 15 is 0 Å². The SMILES string of the molecule is C[C@H]1OCCN[C@@H]1C(=O)NCC1(c2ccccc2)CC1.Cl. The quantitative estimate of drug-likeness (QED) is 0.889. The van der Waals surface area contributed by atoms with E-state index in [1.165, 1.54) is 5.56 Å². The molecular formula is C16H23ClN2O2. The number of carbonyl (C=O) groups excluding carboxylic acids is 1. The highest BCUT2D eigenvalue weighted by atomic mass is 35.5. The molecule has 1 aliphatic heterocycles. The van der Waals surface area contributed by atoms with Crippen LogP contribution in [0.25, 0.3) is 0 Å². The average molecular weight is 311 g/mol. The summed E-state index contributed by atoms with van der Waals surface area (Å²) in [6.45, 7) is 4.09. The van der Waals surface area contributed by atoms with Crippen LogP contribution in [0.3, 0.4) is 0 Å². The molecule has 4 nitrogen and oxygen atoms in total. The van der Waals surface area contributed by atoms with Crippen molar-refractivity contribution in [2.45, 2.75) is 37.3 Å². The van der Waals surface area contributed by atoms with Crippen LogP contribution >= 0.6 is 12.4 Å². The lowest BCUT2D eigenvalue weighted by atomic mass is 9.96. The van der Waals surface area contributed by atoms with Gasteiger partial charge in [-0.1, -0.05) is 30.3 Å². The van der Waals surface area contributed by atoms with Crippen LogP contribution < -0.4 is 10.6 Å². The molecule has 1 aliphatic carbocycles. The van der Waals surface area contributed by atoms with Crippen LogP contribution in [0.1, 0.15) is 25.3 Å². The average Bonchev–Trinajstić information content (AvgIpc) is 3.27. The third kappa shape index (κ3) is 3.57. The Morgan fingerprint density at radius 2 is 2.10 bits per heavy atom. The fourth-order valence-electron chi connectivity index (χ4n) is 2.90. The second-order valence-corrected chi connectivity index (χ2v) is 5.87. The molecule has 3 rings (SSSR count). The molecule has 1 amide bonds. The molecule has 0 spiro atoms. The minimum atomic E-state index is -0.227. The van der Waals surface area contributed by atoms with Crippen LogP contribution in [0.4, 0.5) is 0 Å². The number of hydrogen-bond acceptors (Lipinski definition) is 3. The molecule has 0 radical (unpaired) electrons. The molecule has 2 aliphatic rings. The van der Waals surface area contributed by atoms with E-state index in [-0.39, 0.29) is 35.9 Å². The number of carbonyl (C=O) groups is 1. The van der Waals surface area contributed by atoms with Crippen molar-refractivity contribution in [1.82, 2.24) is 10.6 Å². The zero-order valence-electron chi connectivity index (χ0n) is 12.3. The van der Waals surface area contributed by atoms with Crippen LogP contribution in [0.2, 0.25) is 0 Å². The molecule has 0 bridgehead atoms. The summed E-state index contributed by atoms with van der Waals surface area (Å²) in [5.41, 5.74) is 1.50. The normalized spacial score (nSPS) is 26.5. The van der Waals surface area contributed by atoms with Crippen LogP contribution in [0.5, 0.6) is 0 Å². The molecule has 0 aromatic heterocycles. The largest absolute Gasteiger partial charge is 0.375 e. The van der Waals surface area contributed by atoms with Gasteiger partial charge in [0.15, 0.2) is 0 Å². The maximum atomic E-state index is 12.3. The molecular weight excluding hydrogens is 288 g/mol. The van der Waals surface area contributed by atoms with Crippen molar-refractivity contribution >= 4 is 18.3 Å². The molecule has 1 saturated heterocycles. The first kappa shape index (κ1) is 16.3. The van der Waals surface area contributed by atoms with E-state index in [1.54, 1.807) is 0 Å². The first-order chi connectivity index (χ1) is 9.71. The van der Waals surface area contributed by atoms with Gasteiger partial charge in [-0.25, -0.2) is 0 Å². The van der Waals surface area contributed by atoms with Crippen molar-refractivity contribution in [2.24, 2.45) is 0 Å². The predicted octanol–water partition coefficient (Wildman–Crippen LogP) is 1.63. The van der Waals surface area contributed by atoms with E-state index < -0.39 is 0 Å². The topological polar surface area (TPSA) is 50.4 Å². The Kier molecular flexibility index (Phi) is 5.25. The maximum absolute atomic E-state index is 12.3. The summed E-state index contributed by atoms with van der Waals surface area (Å²) in [5.74, 6) is 0.0550. The first-order valence-electron chi connectivity index (χ1n) is 7.39. The highest BCUT2D eigenvalue weighted by molar-refractivity contribution is 5.85. The number of amides is 1. The Morgan fingerprint density at radius 1 is 1.38 bits per heavy atom. The molecule has 21 heavy (non-hydrogen) atoms. The van der Waals surface area contributed by atoms with Crippen molar-refractivity contribution in [1.29, 1.82) is 0 Å². The van der Waals surface area contributed by atoms with Gasteiger partial charge in [0, 0.05) is 18.5 Å². The van der Waals surface area contributed by atoms with Gasteiger partial charge in [-0.15, -0.1) is 12.4 Å². The third-order valence-electron chi connectivity index (χ3n) is 4.44. The minimum Gasteiger partial charge on any atom is -0.375 e. The Bertz CT molecular complexity index is 476. The van der Waals surface area contributed by atoms with Crippen molar-refractivity contribution in [3.8, 4) is 0 Å². The van der Waals surface area contributed by atoms with Gasteiger partial charge in [0.25, 0.3) is 0 Å². The molecule has 2 N–H and O–H groups in total. The lowest BCUT2D eigenvalue weighted by molar-refractivity contribution is -0.129. The van der Waals surface area contributed by atoms with Crippen molar-refractivity contribution < 1.29 is 9.53 Å². The lowest BCUT2D eigenvalue weighted by Gasteiger charge is -2.30. The van der Waals surface area contributed by atoms with Gasteiger partial charge in [0.05, 0.1) is 12.7 Å². The zero-order chi connectivity index (χ0) is 14.0.